The second-order valence-corrected chi connectivity index (χ2v) is 9.50. The third-order valence-electron chi connectivity index (χ3n) is 3.54. The topological polar surface area (TPSA) is 134 Å². The average molecular weight is 446 g/mol. The number of hydrogen-bond acceptors (Lipinski definition) is 9. The number of halogens is 1. The van der Waals surface area contributed by atoms with Crippen LogP contribution in [-0.4, -0.2) is 102 Å². The van der Waals surface area contributed by atoms with Gasteiger partial charge in [0.15, 0.2) is 0 Å². The summed E-state index contributed by atoms with van der Waals surface area (Å²) in [7, 11) is 7.01. The van der Waals surface area contributed by atoms with Gasteiger partial charge in [-0.15, -0.1) is 0 Å². The van der Waals surface area contributed by atoms with Crippen LogP contribution in [-0.2, 0) is 23.5 Å². The molecule has 0 amide bonds. The minimum absolute atomic E-state index is 0.0325. The van der Waals surface area contributed by atoms with E-state index in [4.69, 9.17) is 23.8 Å². The summed E-state index contributed by atoms with van der Waals surface area (Å²) in [6, 6.07) is 0. The Morgan fingerprint density at radius 3 is 1.31 bits per heavy atom. The predicted molar refractivity (Wildman–Crippen MR) is 96.2 cm³/mol. The highest BCUT2D eigenvalue weighted by Crippen LogP contribution is 2.22. The fourth-order valence-corrected chi connectivity index (χ4v) is 2.08. The van der Waals surface area contributed by atoms with Crippen molar-refractivity contribution in [3.8, 4) is 0 Å². The maximum atomic E-state index is 10.5. The largest absolute Gasteiger partial charge is 0.786 e. The van der Waals surface area contributed by atoms with E-state index in [2.05, 4.69) is 51.8 Å². The fraction of sp³-hybridized carbons (Fsp3) is 0.875. The highest BCUT2D eigenvalue weighted by molar-refractivity contribution is 7.42. The van der Waals surface area contributed by atoms with E-state index in [-0.39, 0.29) is 12.2 Å². The first kappa shape index (κ1) is 27.5. The van der Waals surface area contributed by atoms with Gasteiger partial charge in [0.25, 0.3) is 0 Å². The van der Waals surface area contributed by atoms with Crippen LogP contribution in [0.1, 0.15) is 12.8 Å². The Labute approximate surface area is 170 Å². The van der Waals surface area contributed by atoms with Gasteiger partial charge in [0.2, 0.25) is 0 Å². The van der Waals surface area contributed by atoms with Crippen LogP contribution in [0, 0.1) is 0 Å². The number of ether oxygens (including phenoxy) is 4. The lowest BCUT2D eigenvalue weighted by Gasteiger charge is -2.24. The zero-order valence-corrected chi connectivity index (χ0v) is 18.7. The Balaban J connectivity index is 0.000000442. The van der Waals surface area contributed by atoms with E-state index in [1.54, 1.807) is 0 Å². The maximum absolute atomic E-state index is 10.5. The van der Waals surface area contributed by atoms with Crippen LogP contribution < -0.4 is 9.79 Å². The predicted octanol–water partition coefficient (Wildman–Crippen LogP) is 0.0208. The van der Waals surface area contributed by atoms with Crippen LogP contribution in [0.5, 0.6) is 0 Å². The molecule has 0 aromatic rings. The summed E-state index contributed by atoms with van der Waals surface area (Å²) in [5, 5.41) is 0. The minimum Gasteiger partial charge on any atom is -0.786 e. The van der Waals surface area contributed by atoms with E-state index in [1.807, 2.05) is 0 Å². The number of quaternary nitrogens is 2. The van der Waals surface area contributed by atoms with E-state index in [9.17, 15) is 13.8 Å². The summed E-state index contributed by atoms with van der Waals surface area (Å²) < 4.78 is 39.4. The quantitative estimate of drug-likeness (QED) is 0.314. The molecule has 0 aromatic carbocycles. The van der Waals surface area contributed by atoms with Crippen LogP contribution in [0.25, 0.3) is 0 Å². The molecular weight excluding hydrogens is 414 g/mol. The van der Waals surface area contributed by atoms with Crippen molar-refractivity contribution in [1.82, 2.24) is 0 Å². The van der Waals surface area contributed by atoms with Crippen molar-refractivity contribution in [2.45, 2.75) is 25.0 Å². The molecule has 0 bridgehead atoms. The highest BCUT2D eigenvalue weighted by atomic mass is 31.2. The number of rotatable bonds is 6. The number of hydrogen-bond donors (Lipinski definition) is 0. The zero-order chi connectivity index (χ0) is 22.9. The molecule has 2 heterocycles. The van der Waals surface area contributed by atoms with E-state index < -0.39 is 20.2 Å². The standard InChI is InChI=1S/2C8H16NO3.FH2O3P/c2*1-9(2,3)5-4-7-6-11-8(10)12-7;1-5(2,3)4/h2*7H,4-6H2,1-3H3;(H2,2,3,4)/q2*+1;/p-2. The van der Waals surface area contributed by atoms with Gasteiger partial charge >= 0.3 is 12.3 Å². The van der Waals surface area contributed by atoms with Crippen molar-refractivity contribution in [2.24, 2.45) is 0 Å². The van der Waals surface area contributed by atoms with Crippen LogP contribution >= 0.6 is 7.91 Å². The molecule has 0 aromatic heterocycles. The molecule has 13 heteroatoms. The average Bonchev–Trinajstić information content (AvgIpc) is 3.09. The molecular formula is C16H32FN2O9P. The fourth-order valence-electron chi connectivity index (χ4n) is 2.08. The molecule has 0 spiro atoms. The van der Waals surface area contributed by atoms with Crippen LogP contribution in [0.15, 0.2) is 0 Å². The van der Waals surface area contributed by atoms with E-state index in [1.165, 1.54) is 0 Å². The van der Waals surface area contributed by atoms with Crippen molar-refractivity contribution in [2.75, 3.05) is 68.6 Å². The Morgan fingerprint density at radius 2 is 1.14 bits per heavy atom. The lowest BCUT2D eigenvalue weighted by atomic mass is 10.2. The number of cyclic esters (lactones) is 4. The molecule has 2 aliphatic rings. The molecule has 172 valence electrons. The molecule has 0 radical (unpaired) electrons. The second-order valence-electron chi connectivity index (χ2n) is 8.64. The van der Waals surface area contributed by atoms with Crippen LogP contribution in [0.4, 0.5) is 13.8 Å². The highest BCUT2D eigenvalue weighted by Gasteiger charge is 2.27. The monoisotopic (exact) mass is 446 g/mol. The summed E-state index contributed by atoms with van der Waals surface area (Å²) in [5.41, 5.74) is 0. The number of nitrogens with zero attached hydrogens (tertiary/aromatic N) is 2. The molecule has 2 unspecified atom stereocenters. The van der Waals surface area contributed by atoms with E-state index >= 15 is 0 Å². The maximum Gasteiger partial charge on any atom is 0.508 e. The third-order valence-corrected chi connectivity index (χ3v) is 3.54. The summed E-state index contributed by atoms with van der Waals surface area (Å²) >= 11 is 0. The summed E-state index contributed by atoms with van der Waals surface area (Å²) in [6.45, 7) is 2.81. The van der Waals surface area contributed by atoms with Gasteiger partial charge in [-0.25, -0.2) is 13.8 Å². The van der Waals surface area contributed by atoms with Crippen molar-refractivity contribution < 1.29 is 56.1 Å². The minimum atomic E-state index is -5.64. The normalized spacial score (nSPS) is 21.6. The van der Waals surface area contributed by atoms with Crippen molar-refractivity contribution in [3.05, 3.63) is 0 Å². The third kappa shape index (κ3) is 19.6. The lowest BCUT2D eigenvalue weighted by Crippen LogP contribution is -2.37. The first-order chi connectivity index (χ1) is 12.9. The van der Waals surface area contributed by atoms with Gasteiger partial charge in [0, 0.05) is 12.8 Å². The molecule has 2 aliphatic heterocycles. The first-order valence-electron chi connectivity index (χ1n) is 8.94. The van der Waals surface area contributed by atoms with E-state index in [0.717, 1.165) is 34.9 Å². The van der Waals surface area contributed by atoms with Gasteiger partial charge in [-0.1, -0.05) is 0 Å². The Hall–Kier alpha value is -1.46. The van der Waals surface area contributed by atoms with Crippen molar-refractivity contribution in [1.29, 1.82) is 0 Å². The van der Waals surface area contributed by atoms with Gasteiger partial charge in [0.1, 0.15) is 33.3 Å². The van der Waals surface area contributed by atoms with E-state index in [0.29, 0.717) is 13.2 Å². The molecule has 11 nitrogen and oxygen atoms in total. The molecule has 0 aliphatic carbocycles. The molecule has 2 rings (SSSR count). The van der Waals surface area contributed by atoms with Gasteiger partial charge in [-0.2, -0.15) is 0 Å². The van der Waals surface area contributed by atoms with Crippen molar-refractivity contribution >= 4 is 20.2 Å². The van der Waals surface area contributed by atoms with Crippen LogP contribution in [0.2, 0.25) is 0 Å². The Kier molecular flexibility index (Phi) is 11.1. The summed E-state index contributed by atoms with van der Waals surface area (Å²) in [5.74, 6) is 0. The molecule has 2 saturated heterocycles. The SMILES string of the molecule is C[N+](C)(C)CCC1COC(=O)O1.C[N+](C)(C)CCC1COC(=O)O1.O=P([O-])([O-])F. The van der Waals surface area contributed by atoms with Gasteiger partial charge in [0.05, 0.1) is 55.4 Å². The second kappa shape index (κ2) is 11.7. The smallest absolute Gasteiger partial charge is 0.508 e. The molecule has 2 fully saturated rings. The number of carbonyl (C=O) groups excluding carboxylic acids is 2. The van der Waals surface area contributed by atoms with Gasteiger partial charge < -0.3 is 42.3 Å². The zero-order valence-electron chi connectivity index (χ0n) is 17.8. The molecule has 29 heavy (non-hydrogen) atoms. The van der Waals surface area contributed by atoms with Gasteiger partial charge in [-0.3, -0.25) is 0 Å². The Bertz CT molecular complexity index is 523. The summed E-state index contributed by atoms with van der Waals surface area (Å²) in [6.07, 6.45) is 0.623. The first-order valence-corrected chi connectivity index (χ1v) is 10.4. The summed E-state index contributed by atoms with van der Waals surface area (Å²) in [4.78, 5) is 37.9. The van der Waals surface area contributed by atoms with Crippen LogP contribution in [0.3, 0.4) is 0 Å². The Morgan fingerprint density at radius 1 is 0.862 bits per heavy atom. The molecule has 0 saturated carbocycles. The van der Waals surface area contributed by atoms with Gasteiger partial charge in [-0.05, 0) is 0 Å². The van der Waals surface area contributed by atoms with Crippen molar-refractivity contribution in [3.63, 3.8) is 0 Å². The molecule has 0 N–H and O–H groups in total. The lowest BCUT2D eigenvalue weighted by molar-refractivity contribution is -0.870. The number of carbonyl (C=O) groups is 2. The molecule has 2 atom stereocenters.